The van der Waals surface area contributed by atoms with E-state index in [0.29, 0.717) is 16.9 Å². The van der Waals surface area contributed by atoms with Crippen LogP contribution >= 0.6 is 11.6 Å². The van der Waals surface area contributed by atoms with Crippen LogP contribution in [0.1, 0.15) is 6.04 Å². The number of pyridine rings is 1. The molecule has 0 amide bonds. The minimum absolute atomic E-state index is 0.338. The summed E-state index contributed by atoms with van der Waals surface area (Å²) >= 11 is 5.84. The lowest BCUT2D eigenvalue weighted by atomic mass is 10.1. The van der Waals surface area contributed by atoms with Gasteiger partial charge in [-0.2, -0.15) is 5.10 Å². The standard InChI is InChI=1S/C12H12ClN3O2/c1-17-11-2-12(13)14-4-10(11)8-3-15-16(5-8)9-6-18-7-9/h2-5,9H,6-7H2,1H3. The molecule has 6 heteroatoms. The van der Waals surface area contributed by atoms with Gasteiger partial charge in [-0.25, -0.2) is 4.98 Å². The molecule has 1 saturated heterocycles. The molecule has 0 aliphatic carbocycles. The second kappa shape index (κ2) is 4.59. The summed E-state index contributed by atoms with van der Waals surface area (Å²) in [6, 6.07) is 2.03. The minimum Gasteiger partial charge on any atom is -0.496 e. The number of halogens is 1. The monoisotopic (exact) mass is 265 g/mol. The predicted octanol–water partition coefficient (Wildman–Crippen LogP) is 2.18. The van der Waals surface area contributed by atoms with Crippen LogP contribution in [0.3, 0.4) is 0 Å². The summed E-state index contributed by atoms with van der Waals surface area (Å²) in [4.78, 5) is 4.08. The van der Waals surface area contributed by atoms with E-state index in [1.807, 2.05) is 10.9 Å². The largest absolute Gasteiger partial charge is 0.496 e. The zero-order valence-corrected chi connectivity index (χ0v) is 10.6. The smallest absolute Gasteiger partial charge is 0.132 e. The van der Waals surface area contributed by atoms with E-state index in [0.717, 1.165) is 24.3 Å². The van der Waals surface area contributed by atoms with Gasteiger partial charge in [-0.05, 0) is 0 Å². The molecule has 0 atom stereocenters. The lowest BCUT2D eigenvalue weighted by molar-refractivity contribution is -0.0286. The average molecular weight is 266 g/mol. The van der Waals surface area contributed by atoms with E-state index in [1.54, 1.807) is 25.6 Å². The highest BCUT2D eigenvalue weighted by molar-refractivity contribution is 6.29. The Kier molecular flexibility index (Phi) is 2.93. The van der Waals surface area contributed by atoms with Gasteiger partial charge in [-0.1, -0.05) is 11.6 Å². The molecule has 1 fully saturated rings. The van der Waals surface area contributed by atoms with Crippen molar-refractivity contribution >= 4 is 11.6 Å². The van der Waals surface area contributed by atoms with Crippen molar-refractivity contribution in [3.8, 4) is 16.9 Å². The van der Waals surface area contributed by atoms with E-state index in [4.69, 9.17) is 21.1 Å². The van der Waals surface area contributed by atoms with Crippen LogP contribution in [0.25, 0.3) is 11.1 Å². The summed E-state index contributed by atoms with van der Waals surface area (Å²) in [5, 5.41) is 4.75. The van der Waals surface area contributed by atoms with Crippen LogP contribution in [0.15, 0.2) is 24.7 Å². The van der Waals surface area contributed by atoms with Crippen molar-refractivity contribution in [2.24, 2.45) is 0 Å². The molecule has 2 aromatic heterocycles. The van der Waals surface area contributed by atoms with Gasteiger partial charge < -0.3 is 9.47 Å². The molecule has 0 N–H and O–H groups in total. The molecule has 0 bridgehead atoms. The van der Waals surface area contributed by atoms with E-state index in [9.17, 15) is 0 Å². The molecule has 2 aromatic rings. The highest BCUT2D eigenvalue weighted by Gasteiger charge is 2.21. The van der Waals surface area contributed by atoms with Crippen LogP contribution in [0.2, 0.25) is 5.15 Å². The SMILES string of the molecule is COc1cc(Cl)ncc1-c1cnn(C2COC2)c1. The van der Waals surface area contributed by atoms with Gasteiger partial charge in [0.15, 0.2) is 0 Å². The molecule has 0 radical (unpaired) electrons. The number of aromatic nitrogens is 3. The molecule has 18 heavy (non-hydrogen) atoms. The molecule has 0 unspecified atom stereocenters. The summed E-state index contributed by atoms with van der Waals surface area (Å²) in [7, 11) is 1.61. The van der Waals surface area contributed by atoms with Gasteiger partial charge in [-0.3, -0.25) is 4.68 Å². The molecule has 3 rings (SSSR count). The first kappa shape index (κ1) is 11.5. The van der Waals surface area contributed by atoms with Crippen molar-refractivity contribution < 1.29 is 9.47 Å². The van der Waals surface area contributed by atoms with Gasteiger partial charge in [0.25, 0.3) is 0 Å². The van der Waals surface area contributed by atoms with Crippen molar-refractivity contribution in [1.82, 2.24) is 14.8 Å². The third-order valence-electron chi connectivity index (χ3n) is 2.96. The van der Waals surface area contributed by atoms with Crippen molar-refractivity contribution in [3.05, 3.63) is 29.8 Å². The molecular formula is C12H12ClN3O2. The summed E-state index contributed by atoms with van der Waals surface area (Å²) in [5.41, 5.74) is 1.84. The molecule has 0 aromatic carbocycles. The fourth-order valence-corrected chi connectivity index (χ4v) is 2.00. The fraction of sp³-hybridized carbons (Fsp3) is 0.333. The van der Waals surface area contributed by atoms with Gasteiger partial charge in [0, 0.05) is 29.6 Å². The second-order valence-electron chi connectivity index (χ2n) is 4.11. The van der Waals surface area contributed by atoms with E-state index >= 15 is 0 Å². The molecule has 3 heterocycles. The third-order valence-corrected chi connectivity index (χ3v) is 3.17. The Bertz CT molecular complexity index is 566. The van der Waals surface area contributed by atoms with Gasteiger partial charge in [-0.15, -0.1) is 0 Å². The molecule has 1 aliphatic heterocycles. The van der Waals surface area contributed by atoms with Crippen LogP contribution in [0.4, 0.5) is 0 Å². The van der Waals surface area contributed by atoms with Gasteiger partial charge in [0.1, 0.15) is 10.9 Å². The van der Waals surface area contributed by atoms with Crippen molar-refractivity contribution in [1.29, 1.82) is 0 Å². The van der Waals surface area contributed by atoms with Crippen molar-refractivity contribution in [2.75, 3.05) is 20.3 Å². The van der Waals surface area contributed by atoms with Crippen molar-refractivity contribution in [2.45, 2.75) is 6.04 Å². The number of ether oxygens (including phenoxy) is 2. The molecule has 1 aliphatic rings. The molecular weight excluding hydrogens is 254 g/mol. The quantitative estimate of drug-likeness (QED) is 0.798. The van der Waals surface area contributed by atoms with E-state index in [-0.39, 0.29) is 0 Å². The Morgan fingerprint density at radius 1 is 1.44 bits per heavy atom. The Morgan fingerprint density at radius 2 is 2.28 bits per heavy atom. The average Bonchev–Trinajstić information content (AvgIpc) is 2.75. The summed E-state index contributed by atoms with van der Waals surface area (Å²) in [6.07, 6.45) is 5.46. The third kappa shape index (κ3) is 1.95. The number of nitrogens with zero attached hydrogens (tertiary/aromatic N) is 3. The van der Waals surface area contributed by atoms with Crippen LogP contribution in [0.5, 0.6) is 5.75 Å². The maximum absolute atomic E-state index is 5.84. The predicted molar refractivity (Wildman–Crippen MR) is 66.9 cm³/mol. The van der Waals surface area contributed by atoms with Crippen LogP contribution in [0, 0.1) is 0 Å². The Morgan fingerprint density at radius 3 is 2.94 bits per heavy atom. The number of hydrogen-bond donors (Lipinski definition) is 0. The van der Waals surface area contributed by atoms with Crippen LogP contribution < -0.4 is 4.74 Å². The Balaban J connectivity index is 1.96. The molecule has 94 valence electrons. The van der Waals surface area contributed by atoms with E-state index < -0.39 is 0 Å². The van der Waals surface area contributed by atoms with Crippen LogP contribution in [-0.2, 0) is 4.74 Å². The molecule has 0 saturated carbocycles. The first-order chi connectivity index (χ1) is 8.78. The van der Waals surface area contributed by atoms with Gasteiger partial charge in [0.2, 0.25) is 0 Å². The van der Waals surface area contributed by atoms with Gasteiger partial charge in [0.05, 0.1) is 32.6 Å². The highest BCUT2D eigenvalue weighted by atomic mass is 35.5. The number of rotatable bonds is 3. The normalized spacial score (nSPS) is 15.4. The van der Waals surface area contributed by atoms with Gasteiger partial charge >= 0.3 is 0 Å². The summed E-state index contributed by atoms with van der Waals surface area (Å²) in [5.74, 6) is 0.694. The first-order valence-electron chi connectivity index (χ1n) is 5.59. The highest BCUT2D eigenvalue weighted by Crippen LogP contribution is 2.31. The number of methoxy groups -OCH3 is 1. The topological polar surface area (TPSA) is 49.2 Å². The second-order valence-corrected chi connectivity index (χ2v) is 4.49. The minimum atomic E-state index is 0.338. The summed E-state index contributed by atoms with van der Waals surface area (Å²) in [6.45, 7) is 1.44. The maximum atomic E-state index is 5.84. The Labute approximate surface area is 109 Å². The Hall–Kier alpha value is -1.59. The van der Waals surface area contributed by atoms with Crippen molar-refractivity contribution in [3.63, 3.8) is 0 Å². The fourth-order valence-electron chi connectivity index (χ4n) is 1.85. The van der Waals surface area contributed by atoms with E-state index in [2.05, 4.69) is 10.1 Å². The summed E-state index contributed by atoms with van der Waals surface area (Å²) < 4.78 is 12.4. The number of hydrogen-bond acceptors (Lipinski definition) is 4. The lowest BCUT2D eigenvalue weighted by Crippen LogP contribution is -2.30. The van der Waals surface area contributed by atoms with Crippen LogP contribution in [-0.4, -0.2) is 35.1 Å². The molecule has 0 spiro atoms. The first-order valence-corrected chi connectivity index (χ1v) is 5.97. The zero-order chi connectivity index (χ0) is 12.5. The molecule has 5 nitrogen and oxygen atoms in total. The lowest BCUT2D eigenvalue weighted by Gasteiger charge is -2.25. The maximum Gasteiger partial charge on any atom is 0.132 e. The zero-order valence-electron chi connectivity index (χ0n) is 9.84. The van der Waals surface area contributed by atoms with E-state index in [1.165, 1.54) is 0 Å².